The van der Waals surface area contributed by atoms with Crippen LogP contribution < -0.4 is 9.64 Å². The molecule has 2 rings (SSSR count). The Hall–Kier alpha value is -3.73. The van der Waals surface area contributed by atoms with Crippen molar-refractivity contribution in [2.75, 3.05) is 24.7 Å². The molecule has 0 unspecified atom stereocenters. The van der Waals surface area contributed by atoms with Gasteiger partial charge in [-0.25, -0.2) is 9.18 Å². The van der Waals surface area contributed by atoms with E-state index in [0.29, 0.717) is 23.4 Å². The van der Waals surface area contributed by atoms with Gasteiger partial charge in [0.2, 0.25) is 0 Å². The van der Waals surface area contributed by atoms with Gasteiger partial charge < -0.3 is 14.4 Å². The summed E-state index contributed by atoms with van der Waals surface area (Å²) in [5, 5.41) is 8.78. The standard InChI is InChI=1S/C22H21FN2O5/c1-2-20(26)16-4-10-19(11-5-16)29-15-22(28)30-14-21(27)25(13-3-12-24)18-8-6-17(23)7-9-18/h4-11H,2-3,13-15H2,1H3. The number of halogens is 1. The second-order valence-electron chi connectivity index (χ2n) is 6.18. The van der Waals surface area contributed by atoms with Crippen molar-refractivity contribution in [3.8, 4) is 11.8 Å². The molecule has 0 saturated carbocycles. The molecule has 7 nitrogen and oxygen atoms in total. The van der Waals surface area contributed by atoms with E-state index < -0.39 is 30.9 Å². The minimum absolute atomic E-state index is 0.00146. The van der Waals surface area contributed by atoms with Gasteiger partial charge in [-0.1, -0.05) is 6.92 Å². The number of hydrogen-bond acceptors (Lipinski definition) is 6. The molecule has 8 heteroatoms. The van der Waals surface area contributed by atoms with Crippen LogP contribution in [-0.2, 0) is 14.3 Å². The van der Waals surface area contributed by atoms with Crippen molar-refractivity contribution in [3.05, 3.63) is 59.9 Å². The summed E-state index contributed by atoms with van der Waals surface area (Å²) >= 11 is 0. The molecule has 0 atom stereocenters. The maximum absolute atomic E-state index is 13.1. The van der Waals surface area contributed by atoms with Gasteiger partial charge in [0.15, 0.2) is 19.0 Å². The first-order chi connectivity index (χ1) is 14.4. The number of nitriles is 1. The molecule has 1 amide bonds. The minimum atomic E-state index is -0.753. The predicted molar refractivity (Wildman–Crippen MR) is 107 cm³/mol. The number of nitrogens with zero attached hydrogens (tertiary/aromatic N) is 2. The number of rotatable bonds is 10. The van der Waals surface area contributed by atoms with Gasteiger partial charge in [-0.15, -0.1) is 0 Å². The zero-order valence-corrected chi connectivity index (χ0v) is 16.5. The Bertz CT molecular complexity index is 920. The molecule has 2 aromatic carbocycles. The number of anilines is 1. The smallest absolute Gasteiger partial charge is 0.344 e. The van der Waals surface area contributed by atoms with Crippen LogP contribution in [0.3, 0.4) is 0 Å². The Balaban J connectivity index is 1.87. The summed E-state index contributed by atoms with van der Waals surface area (Å²) in [6.07, 6.45) is 0.459. The van der Waals surface area contributed by atoms with Gasteiger partial charge in [-0.2, -0.15) is 5.26 Å². The molecule has 0 heterocycles. The Morgan fingerprint density at radius 1 is 1.03 bits per heavy atom. The fourth-order valence-corrected chi connectivity index (χ4v) is 2.53. The molecule has 0 aromatic heterocycles. The van der Waals surface area contributed by atoms with Crippen LogP contribution >= 0.6 is 0 Å². The zero-order valence-electron chi connectivity index (χ0n) is 16.5. The van der Waals surface area contributed by atoms with Crippen LogP contribution in [0.25, 0.3) is 0 Å². The van der Waals surface area contributed by atoms with E-state index in [0.717, 1.165) is 0 Å². The quantitative estimate of drug-likeness (QED) is 0.439. The molecule has 0 radical (unpaired) electrons. The van der Waals surface area contributed by atoms with Crippen LogP contribution in [-0.4, -0.2) is 37.4 Å². The van der Waals surface area contributed by atoms with E-state index >= 15 is 0 Å². The molecule has 0 aliphatic carbocycles. The third-order valence-corrected chi connectivity index (χ3v) is 4.10. The molecule has 0 aliphatic rings. The second-order valence-corrected chi connectivity index (χ2v) is 6.18. The average Bonchev–Trinajstić information content (AvgIpc) is 2.77. The lowest BCUT2D eigenvalue weighted by Gasteiger charge is -2.21. The first-order valence-electron chi connectivity index (χ1n) is 9.29. The van der Waals surface area contributed by atoms with E-state index in [9.17, 15) is 18.8 Å². The number of carbonyl (C=O) groups is 3. The normalized spacial score (nSPS) is 10.0. The Morgan fingerprint density at radius 3 is 2.30 bits per heavy atom. The van der Waals surface area contributed by atoms with E-state index in [1.807, 2.05) is 6.07 Å². The van der Waals surface area contributed by atoms with E-state index in [1.54, 1.807) is 31.2 Å². The van der Waals surface area contributed by atoms with Crippen LogP contribution in [0.1, 0.15) is 30.1 Å². The number of Topliss-reactive ketones (excluding diaryl/α,β-unsaturated/α-hetero) is 1. The van der Waals surface area contributed by atoms with Gasteiger partial charge in [-0.3, -0.25) is 9.59 Å². The lowest BCUT2D eigenvalue weighted by molar-refractivity contribution is -0.149. The number of ether oxygens (including phenoxy) is 2. The van der Waals surface area contributed by atoms with Gasteiger partial charge in [0, 0.05) is 24.2 Å². The fourth-order valence-electron chi connectivity index (χ4n) is 2.53. The highest BCUT2D eigenvalue weighted by Gasteiger charge is 2.18. The van der Waals surface area contributed by atoms with Gasteiger partial charge in [-0.05, 0) is 48.5 Å². The lowest BCUT2D eigenvalue weighted by atomic mass is 10.1. The Labute approximate surface area is 173 Å². The highest BCUT2D eigenvalue weighted by molar-refractivity contribution is 5.96. The summed E-state index contributed by atoms with van der Waals surface area (Å²) in [6, 6.07) is 13.5. The van der Waals surface area contributed by atoms with Crippen molar-refractivity contribution in [2.24, 2.45) is 0 Å². The summed E-state index contributed by atoms with van der Waals surface area (Å²) in [6.45, 7) is 0.886. The van der Waals surface area contributed by atoms with Crippen molar-refractivity contribution in [1.29, 1.82) is 5.26 Å². The molecular weight excluding hydrogens is 391 g/mol. The topological polar surface area (TPSA) is 96.7 Å². The zero-order chi connectivity index (χ0) is 21.9. The first-order valence-corrected chi connectivity index (χ1v) is 9.29. The number of hydrogen-bond donors (Lipinski definition) is 0. The first kappa shape index (κ1) is 22.6. The molecule has 0 N–H and O–H groups in total. The van der Waals surface area contributed by atoms with Crippen LogP contribution in [0.5, 0.6) is 5.75 Å². The predicted octanol–water partition coefficient (Wildman–Crippen LogP) is 3.29. The van der Waals surface area contributed by atoms with E-state index in [4.69, 9.17) is 14.7 Å². The van der Waals surface area contributed by atoms with Gasteiger partial charge in [0.05, 0.1) is 12.5 Å². The van der Waals surface area contributed by atoms with E-state index in [1.165, 1.54) is 29.2 Å². The molecule has 0 fully saturated rings. The molecule has 0 spiro atoms. The summed E-state index contributed by atoms with van der Waals surface area (Å²) in [5.74, 6) is -1.37. The van der Waals surface area contributed by atoms with Crippen molar-refractivity contribution >= 4 is 23.3 Å². The third kappa shape index (κ3) is 6.71. The molecular formula is C22H21FN2O5. The van der Waals surface area contributed by atoms with Crippen molar-refractivity contribution in [1.82, 2.24) is 0 Å². The van der Waals surface area contributed by atoms with Crippen LogP contribution in [0.2, 0.25) is 0 Å². The van der Waals surface area contributed by atoms with Crippen LogP contribution in [0.4, 0.5) is 10.1 Å². The maximum atomic E-state index is 13.1. The monoisotopic (exact) mass is 412 g/mol. The molecule has 0 aliphatic heterocycles. The molecule has 2 aromatic rings. The highest BCUT2D eigenvalue weighted by Crippen LogP contribution is 2.16. The van der Waals surface area contributed by atoms with Crippen molar-refractivity contribution in [3.63, 3.8) is 0 Å². The van der Waals surface area contributed by atoms with Crippen molar-refractivity contribution in [2.45, 2.75) is 19.8 Å². The second kappa shape index (κ2) is 11.3. The summed E-state index contributed by atoms with van der Waals surface area (Å²) < 4.78 is 23.3. The lowest BCUT2D eigenvalue weighted by Crippen LogP contribution is -2.36. The van der Waals surface area contributed by atoms with Crippen LogP contribution in [0.15, 0.2) is 48.5 Å². The number of ketones is 1. The van der Waals surface area contributed by atoms with E-state index in [-0.39, 0.29) is 18.7 Å². The largest absolute Gasteiger partial charge is 0.482 e. The van der Waals surface area contributed by atoms with E-state index in [2.05, 4.69) is 0 Å². The summed E-state index contributed by atoms with van der Waals surface area (Å²) in [5.41, 5.74) is 0.946. The van der Waals surface area contributed by atoms with Crippen molar-refractivity contribution < 1.29 is 28.2 Å². The van der Waals surface area contributed by atoms with Crippen LogP contribution in [0, 0.1) is 17.1 Å². The fraction of sp³-hybridized carbons (Fsp3) is 0.273. The maximum Gasteiger partial charge on any atom is 0.344 e. The molecule has 30 heavy (non-hydrogen) atoms. The summed E-state index contributed by atoms with van der Waals surface area (Å²) in [7, 11) is 0. The Morgan fingerprint density at radius 2 is 1.70 bits per heavy atom. The minimum Gasteiger partial charge on any atom is -0.482 e. The number of esters is 1. The SMILES string of the molecule is CCC(=O)c1ccc(OCC(=O)OCC(=O)N(CCC#N)c2ccc(F)cc2)cc1. The molecule has 156 valence electrons. The molecule has 0 bridgehead atoms. The molecule has 0 saturated heterocycles. The number of carbonyl (C=O) groups excluding carboxylic acids is 3. The van der Waals surface area contributed by atoms with Gasteiger partial charge >= 0.3 is 5.97 Å². The number of benzene rings is 2. The van der Waals surface area contributed by atoms with Gasteiger partial charge in [0.1, 0.15) is 11.6 Å². The van der Waals surface area contributed by atoms with Gasteiger partial charge in [0.25, 0.3) is 5.91 Å². The number of amides is 1. The Kier molecular flexibility index (Phi) is 8.51. The summed E-state index contributed by atoms with van der Waals surface area (Å²) in [4.78, 5) is 37.1. The average molecular weight is 412 g/mol. The highest BCUT2D eigenvalue weighted by atomic mass is 19.1. The third-order valence-electron chi connectivity index (χ3n) is 4.10.